The highest BCUT2D eigenvalue weighted by Gasteiger charge is 2.18. The van der Waals surface area contributed by atoms with Crippen LogP contribution in [0.5, 0.6) is 0 Å². The summed E-state index contributed by atoms with van der Waals surface area (Å²) in [5.41, 5.74) is 1.15. The highest BCUT2D eigenvalue weighted by molar-refractivity contribution is 5.99. The molecule has 2 nitrogen and oxygen atoms in total. The Balaban J connectivity index is 2.24. The Kier molecular flexibility index (Phi) is 3.13. The summed E-state index contributed by atoms with van der Waals surface area (Å²) in [5, 5.41) is 9.89. The molecule has 0 amide bonds. The number of ketones is 1. The molecule has 16 heavy (non-hydrogen) atoms. The summed E-state index contributed by atoms with van der Waals surface area (Å²) in [4.78, 5) is 11.9. The SMILES string of the molecule is O=C(c1ccccc1)[C@@H](O)c1ccccc1. The van der Waals surface area contributed by atoms with Crippen LogP contribution in [-0.4, -0.2) is 10.9 Å². The second-order valence-corrected chi connectivity index (χ2v) is 3.54. The summed E-state index contributed by atoms with van der Waals surface area (Å²) >= 11 is 0. The van der Waals surface area contributed by atoms with Gasteiger partial charge in [-0.3, -0.25) is 4.79 Å². The third-order valence-corrected chi connectivity index (χ3v) is 2.42. The van der Waals surface area contributed by atoms with Crippen molar-refractivity contribution in [2.24, 2.45) is 0 Å². The van der Waals surface area contributed by atoms with Crippen molar-refractivity contribution < 1.29 is 9.90 Å². The zero-order valence-corrected chi connectivity index (χ0v) is 8.71. The smallest absolute Gasteiger partial charge is 0.195 e. The maximum atomic E-state index is 11.9. The standard InChI is InChI=1S/C14H12O2/c15-13(11-7-3-1-4-8-11)14(16)12-9-5-2-6-10-12/h1-10,13,15H/t13-/m0/s1. The zero-order valence-electron chi connectivity index (χ0n) is 8.71. The van der Waals surface area contributed by atoms with Gasteiger partial charge in [-0.05, 0) is 5.56 Å². The number of rotatable bonds is 3. The topological polar surface area (TPSA) is 37.3 Å². The number of aliphatic hydroxyl groups is 1. The van der Waals surface area contributed by atoms with Gasteiger partial charge in [-0.2, -0.15) is 0 Å². The van der Waals surface area contributed by atoms with Crippen LogP contribution in [0.3, 0.4) is 0 Å². The molecule has 0 radical (unpaired) electrons. The van der Waals surface area contributed by atoms with Crippen LogP contribution >= 0.6 is 0 Å². The van der Waals surface area contributed by atoms with Crippen molar-refractivity contribution >= 4 is 5.78 Å². The maximum absolute atomic E-state index is 11.9. The van der Waals surface area contributed by atoms with Gasteiger partial charge in [0.25, 0.3) is 0 Å². The summed E-state index contributed by atoms with van der Waals surface area (Å²) in [6, 6.07) is 17.7. The van der Waals surface area contributed by atoms with Crippen LogP contribution in [-0.2, 0) is 0 Å². The van der Waals surface area contributed by atoms with Crippen molar-refractivity contribution in [2.75, 3.05) is 0 Å². The first kappa shape index (κ1) is 10.6. The molecule has 2 heteroatoms. The summed E-state index contributed by atoms with van der Waals surface area (Å²) in [6.07, 6.45) is -1.08. The zero-order chi connectivity index (χ0) is 11.4. The van der Waals surface area contributed by atoms with Crippen molar-refractivity contribution in [3.63, 3.8) is 0 Å². The van der Waals surface area contributed by atoms with Gasteiger partial charge in [0, 0.05) is 5.56 Å². The third kappa shape index (κ3) is 2.18. The molecular formula is C14H12O2. The Bertz CT molecular complexity index is 463. The van der Waals surface area contributed by atoms with E-state index in [0.717, 1.165) is 0 Å². The average molecular weight is 212 g/mol. The van der Waals surface area contributed by atoms with Gasteiger partial charge in [-0.25, -0.2) is 0 Å². The lowest BCUT2D eigenvalue weighted by atomic mass is 10.0. The minimum absolute atomic E-state index is 0.271. The van der Waals surface area contributed by atoms with Crippen molar-refractivity contribution in [1.82, 2.24) is 0 Å². The van der Waals surface area contributed by atoms with Crippen LogP contribution in [0, 0.1) is 0 Å². The van der Waals surface area contributed by atoms with Crippen LogP contribution in [0.15, 0.2) is 60.7 Å². The molecule has 2 aromatic rings. The third-order valence-electron chi connectivity index (χ3n) is 2.42. The summed E-state index contributed by atoms with van der Waals surface area (Å²) in [6.45, 7) is 0. The Labute approximate surface area is 94.2 Å². The monoisotopic (exact) mass is 212 g/mol. The molecule has 0 aliphatic heterocycles. The Morgan fingerprint density at radius 1 is 0.875 bits per heavy atom. The van der Waals surface area contributed by atoms with Gasteiger partial charge in [0.05, 0.1) is 0 Å². The summed E-state index contributed by atoms with van der Waals surface area (Å²) in [7, 11) is 0. The number of carbonyl (C=O) groups is 1. The molecule has 0 saturated heterocycles. The van der Waals surface area contributed by atoms with E-state index in [1.807, 2.05) is 12.1 Å². The lowest BCUT2D eigenvalue weighted by molar-refractivity contribution is 0.0747. The first-order chi connectivity index (χ1) is 7.79. The van der Waals surface area contributed by atoms with Crippen molar-refractivity contribution in [1.29, 1.82) is 0 Å². The Morgan fingerprint density at radius 3 is 1.94 bits per heavy atom. The van der Waals surface area contributed by atoms with E-state index in [2.05, 4.69) is 0 Å². The lowest BCUT2D eigenvalue weighted by Gasteiger charge is -2.09. The number of hydrogen-bond acceptors (Lipinski definition) is 2. The fraction of sp³-hybridized carbons (Fsp3) is 0.0714. The van der Waals surface area contributed by atoms with E-state index in [0.29, 0.717) is 11.1 Å². The lowest BCUT2D eigenvalue weighted by Crippen LogP contribution is -2.11. The first-order valence-corrected chi connectivity index (χ1v) is 5.11. The number of carbonyl (C=O) groups excluding carboxylic acids is 1. The quantitative estimate of drug-likeness (QED) is 0.794. The Morgan fingerprint density at radius 2 is 1.38 bits per heavy atom. The van der Waals surface area contributed by atoms with Gasteiger partial charge in [-0.15, -0.1) is 0 Å². The van der Waals surface area contributed by atoms with Gasteiger partial charge < -0.3 is 5.11 Å². The summed E-state index contributed by atoms with van der Waals surface area (Å²) in [5.74, 6) is -0.271. The van der Waals surface area contributed by atoms with E-state index in [4.69, 9.17) is 0 Å². The molecule has 0 bridgehead atoms. The second kappa shape index (κ2) is 4.73. The molecule has 2 rings (SSSR count). The minimum Gasteiger partial charge on any atom is -0.380 e. The van der Waals surface area contributed by atoms with E-state index in [9.17, 15) is 9.90 Å². The van der Waals surface area contributed by atoms with Gasteiger partial charge in [0.2, 0.25) is 0 Å². The molecule has 0 heterocycles. The van der Waals surface area contributed by atoms with E-state index < -0.39 is 6.10 Å². The number of aliphatic hydroxyl groups excluding tert-OH is 1. The summed E-state index contributed by atoms with van der Waals surface area (Å²) < 4.78 is 0. The van der Waals surface area contributed by atoms with E-state index in [-0.39, 0.29) is 5.78 Å². The van der Waals surface area contributed by atoms with Crippen LogP contribution in [0.25, 0.3) is 0 Å². The average Bonchev–Trinajstić information content (AvgIpc) is 2.39. The molecule has 0 spiro atoms. The normalized spacial score (nSPS) is 12.1. The maximum Gasteiger partial charge on any atom is 0.195 e. The molecule has 0 saturated carbocycles. The minimum atomic E-state index is -1.08. The van der Waals surface area contributed by atoms with Crippen LogP contribution in [0.2, 0.25) is 0 Å². The Hall–Kier alpha value is -1.93. The fourth-order valence-electron chi connectivity index (χ4n) is 1.55. The molecule has 80 valence electrons. The van der Waals surface area contributed by atoms with E-state index in [1.165, 1.54) is 0 Å². The van der Waals surface area contributed by atoms with Gasteiger partial charge in [0.15, 0.2) is 5.78 Å². The van der Waals surface area contributed by atoms with Crippen LogP contribution in [0.1, 0.15) is 22.0 Å². The molecule has 0 fully saturated rings. The molecular weight excluding hydrogens is 200 g/mol. The van der Waals surface area contributed by atoms with Crippen LogP contribution in [0.4, 0.5) is 0 Å². The van der Waals surface area contributed by atoms with Gasteiger partial charge >= 0.3 is 0 Å². The largest absolute Gasteiger partial charge is 0.380 e. The number of hydrogen-bond donors (Lipinski definition) is 1. The van der Waals surface area contributed by atoms with Gasteiger partial charge in [0.1, 0.15) is 6.10 Å². The van der Waals surface area contributed by atoms with Crippen molar-refractivity contribution in [2.45, 2.75) is 6.10 Å². The molecule has 2 aromatic carbocycles. The number of benzene rings is 2. The highest BCUT2D eigenvalue weighted by atomic mass is 16.3. The van der Waals surface area contributed by atoms with E-state index in [1.54, 1.807) is 48.5 Å². The fourth-order valence-corrected chi connectivity index (χ4v) is 1.55. The first-order valence-electron chi connectivity index (χ1n) is 5.11. The molecule has 0 unspecified atom stereocenters. The van der Waals surface area contributed by atoms with E-state index >= 15 is 0 Å². The molecule has 0 aliphatic rings. The van der Waals surface area contributed by atoms with Crippen LogP contribution < -0.4 is 0 Å². The predicted molar refractivity (Wildman–Crippen MR) is 62.2 cm³/mol. The number of Topliss-reactive ketones (excluding diaryl/α,β-unsaturated/α-hetero) is 1. The molecule has 1 atom stereocenters. The molecule has 1 N–H and O–H groups in total. The van der Waals surface area contributed by atoms with Crippen molar-refractivity contribution in [3.05, 3.63) is 71.8 Å². The molecule has 0 aliphatic carbocycles. The highest BCUT2D eigenvalue weighted by Crippen LogP contribution is 2.17. The molecule has 0 aromatic heterocycles. The van der Waals surface area contributed by atoms with Crippen molar-refractivity contribution in [3.8, 4) is 0 Å². The second-order valence-electron chi connectivity index (χ2n) is 3.54. The predicted octanol–water partition coefficient (Wildman–Crippen LogP) is 2.60. The van der Waals surface area contributed by atoms with Gasteiger partial charge in [-0.1, -0.05) is 60.7 Å².